The maximum Gasteiger partial charge on any atom is 0.282 e. The molecule has 33 heavy (non-hydrogen) atoms. The molecule has 4 aromatic rings. The quantitative estimate of drug-likeness (QED) is 0.402. The van der Waals surface area contributed by atoms with E-state index in [-0.39, 0.29) is 22.8 Å². The van der Waals surface area contributed by atoms with E-state index < -0.39 is 10.0 Å². The lowest BCUT2D eigenvalue weighted by Crippen LogP contribution is -2.16. The van der Waals surface area contributed by atoms with Crippen molar-refractivity contribution in [3.05, 3.63) is 60.6 Å². The minimum absolute atomic E-state index is 0.0449. The van der Waals surface area contributed by atoms with Gasteiger partial charge in [-0.15, -0.1) is 0 Å². The summed E-state index contributed by atoms with van der Waals surface area (Å²) in [7, 11) is 0.901. The van der Waals surface area contributed by atoms with E-state index in [9.17, 15) is 8.42 Å². The van der Waals surface area contributed by atoms with Crippen LogP contribution in [0.2, 0.25) is 0 Å². The Kier molecular flexibility index (Phi) is 6.16. The first-order valence-electron chi connectivity index (χ1n) is 10.1. The van der Waals surface area contributed by atoms with E-state index in [1.807, 2.05) is 31.2 Å². The summed E-state index contributed by atoms with van der Waals surface area (Å²) in [6, 6.07) is 12.7. The highest BCUT2D eigenvalue weighted by Crippen LogP contribution is 2.31. The fourth-order valence-electron chi connectivity index (χ4n) is 3.19. The number of imidazole rings is 1. The van der Waals surface area contributed by atoms with E-state index in [2.05, 4.69) is 25.0 Å². The number of sulfonamides is 1. The van der Waals surface area contributed by atoms with Gasteiger partial charge in [-0.2, -0.15) is 8.42 Å². The highest BCUT2D eigenvalue weighted by Gasteiger charge is 2.21. The van der Waals surface area contributed by atoms with Crippen LogP contribution in [0.15, 0.2) is 60.0 Å². The lowest BCUT2D eigenvalue weighted by molar-refractivity contribution is 0.119. The maximum absolute atomic E-state index is 12.9. The predicted octanol–water partition coefficient (Wildman–Crippen LogP) is 3.62. The number of anilines is 3. The molecule has 172 valence electrons. The van der Waals surface area contributed by atoms with Crippen LogP contribution in [0.25, 0.3) is 11.0 Å². The average Bonchev–Trinajstić information content (AvgIpc) is 3.25. The molecule has 11 heteroatoms. The van der Waals surface area contributed by atoms with Crippen molar-refractivity contribution in [1.82, 2.24) is 19.5 Å². The van der Waals surface area contributed by atoms with Crippen LogP contribution in [0, 0.1) is 0 Å². The van der Waals surface area contributed by atoms with E-state index >= 15 is 0 Å². The fraction of sp³-hybridized carbons (Fsp3) is 0.227. The molecule has 1 atom stereocenters. The molecule has 0 fully saturated rings. The summed E-state index contributed by atoms with van der Waals surface area (Å²) in [4.78, 5) is 13.0. The van der Waals surface area contributed by atoms with Gasteiger partial charge in [-0.05, 0) is 36.8 Å². The van der Waals surface area contributed by atoms with Gasteiger partial charge in [-0.3, -0.25) is 4.72 Å². The summed E-state index contributed by atoms with van der Waals surface area (Å²) in [6.07, 6.45) is 2.64. The zero-order chi connectivity index (χ0) is 23.6. The predicted molar refractivity (Wildman–Crippen MR) is 125 cm³/mol. The van der Waals surface area contributed by atoms with Crippen LogP contribution < -0.4 is 14.8 Å². The molecule has 10 nitrogen and oxygen atoms in total. The van der Waals surface area contributed by atoms with Crippen molar-refractivity contribution in [2.75, 3.05) is 24.3 Å². The van der Waals surface area contributed by atoms with E-state index in [1.165, 1.54) is 12.5 Å². The number of fused-ring (bicyclic) bond motifs is 1. The second kappa shape index (κ2) is 9.04. The minimum atomic E-state index is -3.98. The zero-order valence-corrected chi connectivity index (χ0v) is 19.4. The largest absolute Gasteiger partial charge is 0.497 e. The number of hydrogen-bond donors (Lipinski definition) is 2. The maximum atomic E-state index is 12.9. The third-order valence-corrected chi connectivity index (χ3v) is 6.23. The third kappa shape index (κ3) is 4.89. The van der Waals surface area contributed by atoms with E-state index in [0.717, 1.165) is 5.56 Å². The Morgan fingerprint density at radius 3 is 2.33 bits per heavy atom. The number of rotatable bonds is 8. The lowest BCUT2D eigenvalue weighted by atomic mass is 10.1. The van der Waals surface area contributed by atoms with Crippen LogP contribution in [0.1, 0.15) is 18.6 Å². The van der Waals surface area contributed by atoms with Gasteiger partial charge < -0.3 is 19.4 Å². The van der Waals surface area contributed by atoms with Gasteiger partial charge in [0.05, 0.1) is 30.6 Å². The molecule has 4 rings (SSSR count). The number of nitrogens with one attached hydrogen (secondary N) is 2. The number of para-hydroxylation sites is 2. The van der Waals surface area contributed by atoms with E-state index in [1.54, 1.807) is 44.0 Å². The van der Waals surface area contributed by atoms with E-state index in [4.69, 9.17) is 9.47 Å². The number of ether oxygens (including phenoxy) is 2. The Morgan fingerprint density at radius 1 is 1.03 bits per heavy atom. The normalized spacial score (nSPS) is 12.5. The van der Waals surface area contributed by atoms with Gasteiger partial charge in [-0.1, -0.05) is 12.1 Å². The second-order valence-corrected chi connectivity index (χ2v) is 9.02. The number of nitrogens with zero attached hydrogens (tertiary/aromatic N) is 4. The molecule has 2 aromatic heterocycles. The molecule has 0 spiro atoms. The standard InChI is InChI=1S/C22H24N6O4S/c1-14(31-3)15-9-16(11-17(10-15)32-4)24-21-22(26-19-8-6-5-7-18(19)25-21)27-33(29,30)20-12-28(2)13-23-20/h5-14H,1-4H3,(H,24,25)(H,26,27). The molecule has 2 N–H and O–H groups in total. The van der Waals surface area contributed by atoms with Crippen LogP contribution >= 0.6 is 0 Å². The summed E-state index contributed by atoms with van der Waals surface area (Å²) in [5, 5.41) is 3.05. The molecule has 1 unspecified atom stereocenters. The first-order chi connectivity index (χ1) is 15.8. The summed E-state index contributed by atoms with van der Waals surface area (Å²) >= 11 is 0. The van der Waals surface area contributed by atoms with Gasteiger partial charge in [0.2, 0.25) is 0 Å². The van der Waals surface area contributed by atoms with Crippen LogP contribution in [0.4, 0.5) is 17.3 Å². The van der Waals surface area contributed by atoms with Crippen molar-refractivity contribution in [2.45, 2.75) is 18.1 Å². The van der Waals surface area contributed by atoms with Crippen LogP contribution in [-0.4, -0.2) is 42.2 Å². The molecule has 0 radical (unpaired) electrons. The number of methoxy groups -OCH3 is 2. The molecule has 2 aromatic carbocycles. The summed E-state index contributed by atoms with van der Waals surface area (Å²) in [5.41, 5.74) is 2.66. The molecule has 2 heterocycles. The zero-order valence-electron chi connectivity index (χ0n) is 18.6. The third-order valence-electron chi connectivity index (χ3n) is 5.01. The number of aryl methyl sites for hydroxylation is 1. The van der Waals surface area contributed by atoms with Gasteiger partial charge in [-0.25, -0.2) is 15.0 Å². The van der Waals surface area contributed by atoms with Gasteiger partial charge in [0.15, 0.2) is 16.7 Å². The topological polar surface area (TPSA) is 120 Å². The minimum Gasteiger partial charge on any atom is -0.497 e. The lowest BCUT2D eigenvalue weighted by Gasteiger charge is -2.16. The number of hydrogen-bond acceptors (Lipinski definition) is 8. The van der Waals surface area contributed by atoms with Crippen molar-refractivity contribution >= 4 is 38.4 Å². The smallest absolute Gasteiger partial charge is 0.282 e. The van der Waals surface area contributed by atoms with Crippen LogP contribution in [0.5, 0.6) is 5.75 Å². The van der Waals surface area contributed by atoms with Crippen molar-refractivity contribution < 1.29 is 17.9 Å². The fourth-order valence-corrected chi connectivity index (χ4v) is 4.18. The monoisotopic (exact) mass is 468 g/mol. The molecule has 0 aliphatic heterocycles. The van der Waals surface area contributed by atoms with Crippen molar-refractivity contribution in [3.63, 3.8) is 0 Å². The highest BCUT2D eigenvalue weighted by molar-refractivity contribution is 7.92. The second-order valence-electron chi connectivity index (χ2n) is 7.39. The Morgan fingerprint density at radius 2 is 1.73 bits per heavy atom. The molecular weight excluding hydrogens is 444 g/mol. The van der Waals surface area contributed by atoms with Gasteiger partial charge >= 0.3 is 0 Å². The van der Waals surface area contributed by atoms with Crippen molar-refractivity contribution in [1.29, 1.82) is 0 Å². The first-order valence-corrected chi connectivity index (χ1v) is 11.5. The van der Waals surface area contributed by atoms with Gasteiger partial charge in [0, 0.05) is 32.1 Å². The molecule has 0 aliphatic rings. The van der Waals surface area contributed by atoms with Crippen molar-refractivity contribution in [2.24, 2.45) is 7.05 Å². The first kappa shape index (κ1) is 22.5. The molecule has 0 aliphatic carbocycles. The SMILES string of the molecule is COc1cc(Nc2nc3ccccc3nc2NS(=O)(=O)c2cn(C)cn2)cc(C(C)OC)c1. The Bertz CT molecular complexity index is 1400. The number of benzene rings is 2. The molecular formula is C22H24N6O4S. The highest BCUT2D eigenvalue weighted by atomic mass is 32.2. The number of aromatic nitrogens is 4. The van der Waals surface area contributed by atoms with Crippen molar-refractivity contribution in [3.8, 4) is 5.75 Å². The Hall–Kier alpha value is -3.70. The van der Waals surface area contributed by atoms with Crippen LogP contribution in [-0.2, 0) is 21.8 Å². The Labute approximate surface area is 191 Å². The summed E-state index contributed by atoms with van der Waals surface area (Å²) < 4.78 is 40.7. The van der Waals surface area contributed by atoms with E-state index in [0.29, 0.717) is 22.5 Å². The molecule has 0 bridgehead atoms. The molecule has 0 saturated carbocycles. The van der Waals surface area contributed by atoms with Gasteiger partial charge in [0.1, 0.15) is 5.75 Å². The molecule has 0 saturated heterocycles. The van der Waals surface area contributed by atoms with Crippen LogP contribution in [0.3, 0.4) is 0 Å². The molecule has 0 amide bonds. The van der Waals surface area contributed by atoms with Gasteiger partial charge in [0.25, 0.3) is 10.0 Å². The summed E-state index contributed by atoms with van der Waals surface area (Å²) in [6.45, 7) is 1.92. The Balaban J connectivity index is 1.79. The summed E-state index contributed by atoms with van der Waals surface area (Å²) in [5.74, 6) is 0.893. The average molecular weight is 469 g/mol.